The van der Waals surface area contributed by atoms with E-state index in [1.807, 2.05) is 6.92 Å². The molecule has 2 N–H and O–H groups in total. The third-order valence-electron chi connectivity index (χ3n) is 2.21. The average Bonchev–Trinajstić information content (AvgIpc) is 2.29. The first kappa shape index (κ1) is 13.9. The van der Waals surface area contributed by atoms with Crippen LogP contribution in [0, 0.1) is 11.6 Å². The molecule has 5 heteroatoms. The second kappa shape index (κ2) is 5.93. The standard InChI is InChI=1S/C12H17F2NO2/c1-3-15-7-12(2,16)8-17-10-6-4-5-9(13)11(10)14/h4-6,15-16H,3,7-8H2,1-2H3. The van der Waals surface area contributed by atoms with Gasteiger partial charge in [-0.3, -0.25) is 0 Å². The van der Waals surface area contributed by atoms with Crippen LogP contribution in [0.2, 0.25) is 0 Å². The van der Waals surface area contributed by atoms with Crippen LogP contribution in [0.25, 0.3) is 0 Å². The lowest BCUT2D eigenvalue weighted by Gasteiger charge is -2.23. The van der Waals surface area contributed by atoms with E-state index in [0.29, 0.717) is 13.1 Å². The Morgan fingerprint density at radius 2 is 2.12 bits per heavy atom. The summed E-state index contributed by atoms with van der Waals surface area (Å²) < 4.78 is 31.2. The van der Waals surface area contributed by atoms with Crippen molar-refractivity contribution in [2.45, 2.75) is 19.4 Å². The number of benzene rings is 1. The van der Waals surface area contributed by atoms with Gasteiger partial charge in [-0.2, -0.15) is 4.39 Å². The van der Waals surface area contributed by atoms with E-state index in [0.717, 1.165) is 6.07 Å². The molecule has 1 rings (SSSR count). The summed E-state index contributed by atoms with van der Waals surface area (Å²) in [4.78, 5) is 0. The number of likely N-dealkylation sites (N-methyl/N-ethyl adjacent to an activating group) is 1. The van der Waals surface area contributed by atoms with Gasteiger partial charge in [0.15, 0.2) is 11.6 Å². The molecule has 0 aromatic heterocycles. The molecule has 3 nitrogen and oxygen atoms in total. The van der Waals surface area contributed by atoms with Crippen LogP contribution in [0.4, 0.5) is 8.78 Å². The molecule has 1 atom stereocenters. The highest BCUT2D eigenvalue weighted by atomic mass is 19.2. The summed E-state index contributed by atoms with van der Waals surface area (Å²) in [5, 5.41) is 12.8. The molecule has 0 amide bonds. The highest BCUT2D eigenvalue weighted by Crippen LogP contribution is 2.20. The molecule has 1 aromatic carbocycles. The summed E-state index contributed by atoms with van der Waals surface area (Å²) in [7, 11) is 0. The molecular weight excluding hydrogens is 228 g/mol. The van der Waals surface area contributed by atoms with Crippen LogP contribution in [0.1, 0.15) is 13.8 Å². The highest BCUT2D eigenvalue weighted by molar-refractivity contribution is 5.25. The van der Waals surface area contributed by atoms with Crippen LogP contribution in [-0.2, 0) is 0 Å². The Hall–Kier alpha value is -1.20. The van der Waals surface area contributed by atoms with Crippen molar-refractivity contribution in [1.29, 1.82) is 0 Å². The van der Waals surface area contributed by atoms with Crippen LogP contribution in [-0.4, -0.2) is 30.4 Å². The van der Waals surface area contributed by atoms with Crippen molar-refractivity contribution < 1.29 is 18.6 Å². The molecule has 0 spiro atoms. The molecular formula is C12H17F2NO2. The molecule has 0 aliphatic rings. The van der Waals surface area contributed by atoms with Gasteiger partial charge in [0.2, 0.25) is 5.82 Å². The van der Waals surface area contributed by atoms with Gasteiger partial charge in [-0.1, -0.05) is 13.0 Å². The van der Waals surface area contributed by atoms with Crippen molar-refractivity contribution in [2.24, 2.45) is 0 Å². The van der Waals surface area contributed by atoms with Crippen molar-refractivity contribution in [3.8, 4) is 5.75 Å². The summed E-state index contributed by atoms with van der Waals surface area (Å²) in [6.07, 6.45) is 0. The number of hydrogen-bond acceptors (Lipinski definition) is 3. The monoisotopic (exact) mass is 245 g/mol. The minimum Gasteiger partial charge on any atom is -0.487 e. The van der Waals surface area contributed by atoms with E-state index >= 15 is 0 Å². The molecule has 0 fully saturated rings. The minimum absolute atomic E-state index is 0.111. The van der Waals surface area contributed by atoms with E-state index in [-0.39, 0.29) is 12.4 Å². The average molecular weight is 245 g/mol. The van der Waals surface area contributed by atoms with Crippen molar-refractivity contribution in [1.82, 2.24) is 5.32 Å². The summed E-state index contributed by atoms with van der Waals surface area (Å²) in [5.74, 6) is -2.19. The molecule has 96 valence electrons. The Morgan fingerprint density at radius 3 is 2.76 bits per heavy atom. The molecule has 0 heterocycles. The molecule has 0 radical (unpaired) electrons. The fraction of sp³-hybridized carbons (Fsp3) is 0.500. The lowest BCUT2D eigenvalue weighted by atomic mass is 10.1. The van der Waals surface area contributed by atoms with E-state index in [4.69, 9.17) is 4.74 Å². The maximum atomic E-state index is 13.2. The van der Waals surface area contributed by atoms with Gasteiger partial charge >= 0.3 is 0 Å². The summed E-state index contributed by atoms with van der Waals surface area (Å²) in [5.41, 5.74) is -1.13. The van der Waals surface area contributed by atoms with E-state index in [1.165, 1.54) is 12.1 Å². The van der Waals surface area contributed by atoms with Gasteiger partial charge in [0.25, 0.3) is 0 Å². The fourth-order valence-corrected chi connectivity index (χ4v) is 1.27. The molecule has 1 unspecified atom stereocenters. The lowest BCUT2D eigenvalue weighted by molar-refractivity contribution is 0.0114. The molecule has 0 saturated heterocycles. The first-order valence-electron chi connectivity index (χ1n) is 5.46. The SMILES string of the molecule is CCNCC(C)(O)COc1cccc(F)c1F. The van der Waals surface area contributed by atoms with Crippen LogP contribution in [0.15, 0.2) is 18.2 Å². The zero-order valence-electron chi connectivity index (χ0n) is 9.96. The lowest BCUT2D eigenvalue weighted by Crippen LogP contribution is -2.42. The van der Waals surface area contributed by atoms with Crippen molar-refractivity contribution in [2.75, 3.05) is 19.7 Å². The normalized spacial score (nSPS) is 14.4. The smallest absolute Gasteiger partial charge is 0.200 e. The fourth-order valence-electron chi connectivity index (χ4n) is 1.27. The van der Waals surface area contributed by atoms with E-state index in [1.54, 1.807) is 6.92 Å². The second-order valence-corrected chi connectivity index (χ2v) is 4.12. The Morgan fingerprint density at radius 1 is 1.41 bits per heavy atom. The topological polar surface area (TPSA) is 41.5 Å². The van der Waals surface area contributed by atoms with E-state index in [2.05, 4.69) is 5.32 Å². The first-order chi connectivity index (χ1) is 7.96. The number of ether oxygens (including phenoxy) is 1. The molecule has 0 saturated carbocycles. The molecule has 0 aliphatic carbocycles. The van der Waals surface area contributed by atoms with E-state index in [9.17, 15) is 13.9 Å². The predicted octanol–water partition coefficient (Wildman–Crippen LogP) is 1.70. The summed E-state index contributed by atoms with van der Waals surface area (Å²) in [6, 6.07) is 3.69. The second-order valence-electron chi connectivity index (χ2n) is 4.12. The number of halogens is 2. The zero-order valence-corrected chi connectivity index (χ0v) is 9.96. The van der Waals surface area contributed by atoms with Crippen molar-refractivity contribution in [3.05, 3.63) is 29.8 Å². The maximum absolute atomic E-state index is 13.2. The number of hydrogen-bond donors (Lipinski definition) is 2. The Balaban J connectivity index is 2.58. The van der Waals surface area contributed by atoms with Crippen LogP contribution >= 0.6 is 0 Å². The minimum atomic E-state index is -1.13. The quantitative estimate of drug-likeness (QED) is 0.801. The van der Waals surface area contributed by atoms with Gasteiger partial charge < -0.3 is 15.2 Å². The number of nitrogens with one attached hydrogen (secondary N) is 1. The summed E-state index contributed by atoms with van der Waals surface area (Å²) in [6.45, 7) is 4.39. The maximum Gasteiger partial charge on any atom is 0.200 e. The van der Waals surface area contributed by atoms with E-state index < -0.39 is 17.2 Å². The Labute approximate surface area is 99.4 Å². The molecule has 0 aliphatic heterocycles. The van der Waals surface area contributed by atoms with Gasteiger partial charge in [-0.05, 0) is 25.6 Å². The molecule has 0 bridgehead atoms. The van der Waals surface area contributed by atoms with Crippen molar-refractivity contribution >= 4 is 0 Å². The highest BCUT2D eigenvalue weighted by Gasteiger charge is 2.21. The first-order valence-corrected chi connectivity index (χ1v) is 5.46. The number of aliphatic hydroxyl groups is 1. The van der Waals surface area contributed by atoms with Gasteiger partial charge in [0.1, 0.15) is 12.2 Å². The summed E-state index contributed by atoms with van der Waals surface area (Å²) >= 11 is 0. The number of rotatable bonds is 6. The van der Waals surface area contributed by atoms with Crippen molar-refractivity contribution in [3.63, 3.8) is 0 Å². The van der Waals surface area contributed by atoms with Gasteiger partial charge in [-0.25, -0.2) is 4.39 Å². The third-order valence-corrected chi connectivity index (χ3v) is 2.21. The van der Waals surface area contributed by atoms with Crippen LogP contribution < -0.4 is 10.1 Å². The Bertz CT molecular complexity index is 370. The predicted molar refractivity (Wildman–Crippen MR) is 61.0 cm³/mol. The Kier molecular flexibility index (Phi) is 4.84. The van der Waals surface area contributed by atoms with Gasteiger partial charge in [-0.15, -0.1) is 0 Å². The third kappa shape index (κ3) is 4.28. The molecule has 1 aromatic rings. The van der Waals surface area contributed by atoms with Crippen LogP contribution in [0.3, 0.4) is 0 Å². The zero-order chi connectivity index (χ0) is 12.9. The molecule has 17 heavy (non-hydrogen) atoms. The van der Waals surface area contributed by atoms with Crippen LogP contribution in [0.5, 0.6) is 5.75 Å². The van der Waals surface area contributed by atoms with Gasteiger partial charge in [0, 0.05) is 6.54 Å². The largest absolute Gasteiger partial charge is 0.487 e. The van der Waals surface area contributed by atoms with Gasteiger partial charge in [0.05, 0.1) is 0 Å².